The molecule has 0 aliphatic heterocycles. The number of rotatable bonds is 4. The van der Waals surface area contributed by atoms with Crippen molar-refractivity contribution in [3.8, 4) is 0 Å². The largest absolute Gasteiger partial charge is 0.324 e. The van der Waals surface area contributed by atoms with Gasteiger partial charge in [0.05, 0.1) is 0 Å². The number of aromatic nitrogens is 2. The number of hydrogen-bond donors (Lipinski definition) is 3. The Morgan fingerprint density at radius 1 is 1.26 bits per heavy atom. The number of aryl methyl sites for hydroxylation is 2. The van der Waals surface area contributed by atoms with Gasteiger partial charge in [-0.2, -0.15) is 5.10 Å². The summed E-state index contributed by atoms with van der Waals surface area (Å²) in [5, 5.41) is 12.4. The van der Waals surface area contributed by atoms with Gasteiger partial charge in [0.2, 0.25) is 0 Å². The van der Waals surface area contributed by atoms with Crippen LogP contribution in [0.5, 0.6) is 0 Å². The molecule has 0 saturated carbocycles. The summed E-state index contributed by atoms with van der Waals surface area (Å²) in [6, 6.07) is 9.17. The van der Waals surface area contributed by atoms with E-state index in [0.29, 0.717) is 5.82 Å². The second kappa shape index (κ2) is 6.04. The van der Waals surface area contributed by atoms with Gasteiger partial charge in [-0.25, -0.2) is 4.79 Å². The molecule has 19 heavy (non-hydrogen) atoms. The van der Waals surface area contributed by atoms with Gasteiger partial charge in [0.15, 0.2) is 5.82 Å². The third kappa shape index (κ3) is 3.84. The van der Waals surface area contributed by atoms with Gasteiger partial charge in [-0.1, -0.05) is 31.0 Å². The molecule has 5 nitrogen and oxygen atoms in total. The van der Waals surface area contributed by atoms with Gasteiger partial charge < -0.3 is 5.32 Å². The number of carbonyl (C=O) groups excluding carboxylic acids is 1. The van der Waals surface area contributed by atoms with Crippen molar-refractivity contribution in [1.82, 2.24) is 10.2 Å². The number of benzene rings is 1. The predicted molar refractivity (Wildman–Crippen MR) is 76.4 cm³/mol. The summed E-state index contributed by atoms with van der Waals surface area (Å²) >= 11 is 0. The number of aromatic amines is 1. The van der Waals surface area contributed by atoms with Gasteiger partial charge in [0, 0.05) is 17.4 Å². The molecule has 0 aliphatic carbocycles. The van der Waals surface area contributed by atoms with Crippen molar-refractivity contribution in [2.75, 3.05) is 10.6 Å². The van der Waals surface area contributed by atoms with Crippen LogP contribution in [0, 0.1) is 6.92 Å². The molecule has 100 valence electrons. The highest BCUT2D eigenvalue weighted by molar-refractivity contribution is 5.99. The number of carbonyl (C=O) groups is 1. The highest BCUT2D eigenvalue weighted by atomic mass is 16.2. The molecular formula is C14H18N4O. The average molecular weight is 258 g/mol. The first kappa shape index (κ1) is 13.1. The lowest BCUT2D eigenvalue weighted by molar-refractivity contribution is 0.262. The summed E-state index contributed by atoms with van der Waals surface area (Å²) < 4.78 is 0. The first-order valence-corrected chi connectivity index (χ1v) is 6.36. The maximum atomic E-state index is 11.8. The number of hydrogen-bond acceptors (Lipinski definition) is 2. The lowest BCUT2D eigenvalue weighted by Gasteiger charge is -2.05. The molecule has 2 rings (SSSR count). The van der Waals surface area contributed by atoms with E-state index in [0.717, 1.165) is 29.8 Å². The summed E-state index contributed by atoms with van der Waals surface area (Å²) in [6.45, 7) is 4.10. The Balaban J connectivity index is 1.91. The molecule has 5 heteroatoms. The molecule has 0 fully saturated rings. The molecule has 0 spiro atoms. The summed E-state index contributed by atoms with van der Waals surface area (Å²) in [7, 11) is 0. The van der Waals surface area contributed by atoms with Gasteiger partial charge >= 0.3 is 6.03 Å². The molecule has 0 atom stereocenters. The van der Waals surface area contributed by atoms with Crippen LogP contribution in [-0.4, -0.2) is 16.2 Å². The minimum absolute atomic E-state index is 0.293. The van der Waals surface area contributed by atoms with E-state index in [1.54, 1.807) is 0 Å². The van der Waals surface area contributed by atoms with Gasteiger partial charge in [-0.15, -0.1) is 0 Å². The van der Waals surface area contributed by atoms with Crippen LogP contribution in [0.25, 0.3) is 0 Å². The Bertz CT molecular complexity index is 545. The van der Waals surface area contributed by atoms with Crippen LogP contribution >= 0.6 is 0 Å². The fraction of sp³-hybridized carbons (Fsp3) is 0.286. The zero-order valence-corrected chi connectivity index (χ0v) is 11.2. The molecule has 2 amide bonds. The highest BCUT2D eigenvalue weighted by Crippen LogP contribution is 2.10. The third-order valence-electron chi connectivity index (χ3n) is 2.70. The normalized spacial score (nSPS) is 10.2. The monoisotopic (exact) mass is 258 g/mol. The van der Waals surface area contributed by atoms with Crippen LogP contribution in [0.3, 0.4) is 0 Å². The maximum Gasteiger partial charge on any atom is 0.324 e. The summed E-state index contributed by atoms with van der Waals surface area (Å²) in [6.07, 6.45) is 1.96. The fourth-order valence-corrected chi connectivity index (χ4v) is 1.74. The minimum atomic E-state index is -0.293. The topological polar surface area (TPSA) is 69.8 Å². The highest BCUT2D eigenvalue weighted by Gasteiger charge is 2.05. The smallest absolute Gasteiger partial charge is 0.308 e. The molecule has 1 aromatic heterocycles. The van der Waals surface area contributed by atoms with Crippen molar-refractivity contribution in [3.05, 3.63) is 41.6 Å². The molecule has 0 saturated heterocycles. The van der Waals surface area contributed by atoms with Crippen molar-refractivity contribution in [2.24, 2.45) is 0 Å². The van der Waals surface area contributed by atoms with E-state index in [9.17, 15) is 4.79 Å². The second-order valence-corrected chi connectivity index (χ2v) is 4.47. The second-order valence-electron chi connectivity index (χ2n) is 4.47. The van der Waals surface area contributed by atoms with Crippen molar-refractivity contribution < 1.29 is 4.79 Å². The molecule has 0 radical (unpaired) electrons. The molecular weight excluding hydrogens is 240 g/mol. The van der Waals surface area contributed by atoms with E-state index in [-0.39, 0.29) is 6.03 Å². The Labute approximate surface area is 112 Å². The van der Waals surface area contributed by atoms with Crippen molar-refractivity contribution >= 4 is 17.5 Å². The Kier molecular flexibility index (Phi) is 4.18. The zero-order chi connectivity index (χ0) is 13.7. The lowest BCUT2D eigenvalue weighted by atomic mass is 10.2. The lowest BCUT2D eigenvalue weighted by Crippen LogP contribution is -2.19. The SMILES string of the molecule is CCCc1cc(NC(=O)Nc2ccc(C)cc2)n[nH]1. The molecule has 0 aliphatic rings. The van der Waals surface area contributed by atoms with E-state index >= 15 is 0 Å². The van der Waals surface area contributed by atoms with E-state index in [1.165, 1.54) is 0 Å². The third-order valence-corrected chi connectivity index (χ3v) is 2.70. The van der Waals surface area contributed by atoms with Gasteiger partial charge in [-0.3, -0.25) is 10.4 Å². The number of amides is 2. The standard InChI is InChI=1S/C14H18N4O/c1-3-4-12-9-13(18-17-12)16-14(19)15-11-7-5-10(2)6-8-11/h5-9H,3-4H2,1-2H3,(H3,15,16,17,18,19). The van der Waals surface area contributed by atoms with E-state index in [2.05, 4.69) is 27.8 Å². The van der Waals surface area contributed by atoms with Crippen LogP contribution in [0.4, 0.5) is 16.3 Å². The number of nitrogens with one attached hydrogen (secondary N) is 3. The van der Waals surface area contributed by atoms with Crippen LogP contribution in [0.1, 0.15) is 24.6 Å². The van der Waals surface area contributed by atoms with Crippen molar-refractivity contribution in [1.29, 1.82) is 0 Å². The van der Waals surface area contributed by atoms with Crippen LogP contribution in [0.15, 0.2) is 30.3 Å². The van der Waals surface area contributed by atoms with Gasteiger partial charge in [0.25, 0.3) is 0 Å². The van der Waals surface area contributed by atoms with Crippen molar-refractivity contribution in [2.45, 2.75) is 26.7 Å². The van der Waals surface area contributed by atoms with E-state index < -0.39 is 0 Å². The van der Waals surface area contributed by atoms with E-state index in [1.807, 2.05) is 37.3 Å². The Morgan fingerprint density at radius 2 is 2.00 bits per heavy atom. The van der Waals surface area contributed by atoms with Crippen LogP contribution in [0.2, 0.25) is 0 Å². The van der Waals surface area contributed by atoms with E-state index in [4.69, 9.17) is 0 Å². The summed E-state index contributed by atoms with van der Waals surface area (Å²) in [4.78, 5) is 11.8. The first-order chi connectivity index (χ1) is 9.17. The summed E-state index contributed by atoms with van der Waals surface area (Å²) in [5.74, 6) is 0.535. The quantitative estimate of drug-likeness (QED) is 0.787. The van der Waals surface area contributed by atoms with Crippen molar-refractivity contribution in [3.63, 3.8) is 0 Å². The predicted octanol–water partition coefficient (Wildman–Crippen LogP) is 3.31. The molecule has 2 aromatic rings. The summed E-state index contributed by atoms with van der Waals surface area (Å²) in [5.41, 5.74) is 2.93. The molecule has 3 N–H and O–H groups in total. The average Bonchev–Trinajstić information content (AvgIpc) is 2.80. The van der Waals surface area contributed by atoms with Gasteiger partial charge in [-0.05, 0) is 25.5 Å². The molecule has 1 heterocycles. The fourth-order valence-electron chi connectivity index (χ4n) is 1.74. The molecule has 1 aromatic carbocycles. The zero-order valence-electron chi connectivity index (χ0n) is 11.2. The Hall–Kier alpha value is -2.30. The number of nitrogens with zero attached hydrogens (tertiary/aromatic N) is 1. The van der Waals surface area contributed by atoms with Crippen LogP contribution in [-0.2, 0) is 6.42 Å². The van der Waals surface area contributed by atoms with Gasteiger partial charge in [0.1, 0.15) is 0 Å². The first-order valence-electron chi connectivity index (χ1n) is 6.36. The number of anilines is 2. The Morgan fingerprint density at radius 3 is 2.68 bits per heavy atom. The van der Waals surface area contributed by atoms with Crippen LogP contribution < -0.4 is 10.6 Å². The maximum absolute atomic E-state index is 11.8. The number of H-pyrrole nitrogens is 1. The molecule has 0 bridgehead atoms. The molecule has 0 unspecified atom stereocenters. The number of urea groups is 1. The minimum Gasteiger partial charge on any atom is -0.308 e.